The van der Waals surface area contributed by atoms with Gasteiger partial charge in [0.05, 0.1) is 0 Å². The molecule has 2 aromatic heterocycles. The van der Waals surface area contributed by atoms with E-state index in [1.54, 1.807) is 17.7 Å². The third-order valence-electron chi connectivity index (χ3n) is 2.01. The van der Waals surface area contributed by atoms with Gasteiger partial charge in [-0.1, -0.05) is 0 Å². The summed E-state index contributed by atoms with van der Waals surface area (Å²) in [5.41, 5.74) is 2.44. The molecule has 0 fully saturated rings. The van der Waals surface area contributed by atoms with Crippen molar-refractivity contribution in [2.24, 2.45) is 0 Å². The van der Waals surface area contributed by atoms with Gasteiger partial charge in [-0.25, -0.2) is 9.97 Å². The van der Waals surface area contributed by atoms with E-state index in [9.17, 15) is 0 Å². The van der Waals surface area contributed by atoms with Gasteiger partial charge in [-0.2, -0.15) is 0 Å². The lowest BCUT2D eigenvalue weighted by atomic mass is 10.2. The van der Waals surface area contributed by atoms with E-state index >= 15 is 0 Å². The lowest BCUT2D eigenvalue weighted by Gasteiger charge is -1.92. The Kier molecular flexibility index (Phi) is 2.10. The molecule has 0 saturated carbocycles. The molecule has 0 saturated heterocycles. The van der Waals surface area contributed by atoms with Gasteiger partial charge in [0.15, 0.2) is 0 Å². The van der Waals surface area contributed by atoms with Crippen molar-refractivity contribution in [3.8, 4) is 10.4 Å². The molecule has 0 atom stereocenters. The van der Waals surface area contributed by atoms with Crippen LogP contribution in [0.25, 0.3) is 10.4 Å². The van der Waals surface area contributed by atoms with Crippen LogP contribution in [0.15, 0.2) is 24.8 Å². The average Bonchev–Trinajstić information content (AvgIpc) is 2.49. The number of hydrogen-bond donors (Lipinski definition) is 0. The first kappa shape index (κ1) is 8.38. The van der Waals surface area contributed by atoms with Crippen LogP contribution in [0.3, 0.4) is 0 Å². The summed E-state index contributed by atoms with van der Waals surface area (Å²) in [5, 5.41) is 0. The van der Waals surface area contributed by atoms with Gasteiger partial charge in [-0.3, -0.25) is 0 Å². The highest BCUT2D eigenvalue weighted by Crippen LogP contribution is 2.29. The molecule has 0 aliphatic rings. The Bertz CT molecular complexity index is 387. The van der Waals surface area contributed by atoms with Gasteiger partial charge < -0.3 is 0 Å². The van der Waals surface area contributed by atoms with E-state index in [1.165, 1.54) is 15.3 Å². The summed E-state index contributed by atoms with van der Waals surface area (Å²) in [6.07, 6.45) is 5.24. The molecule has 66 valence electrons. The van der Waals surface area contributed by atoms with E-state index in [0.717, 1.165) is 5.56 Å². The molecule has 2 rings (SSSR count). The Hall–Kier alpha value is -1.22. The maximum atomic E-state index is 4.00. The van der Waals surface area contributed by atoms with Gasteiger partial charge in [-0.05, 0) is 25.5 Å². The van der Waals surface area contributed by atoms with Crippen LogP contribution in [0.1, 0.15) is 10.4 Å². The minimum absolute atomic E-state index is 1.10. The zero-order valence-electron chi connectivity index (χ0n) is 7.61. The van der Waals surface area contributed by atoms with Gasteiger partial charge in [0.25, 0.3) is 0 Å². The van der Waals surface area contributed by atoms with Crippen molar-refractivity contribution in [3.05, 3.63) is 35.2 Å². The van der Waals surface area contributed by atoms with E-state index < -0.39 is 0 Å². The van der Waals surface area contributed by atoms with Crippen molar-refractivity contribution in [1.29, 1.82) is 0 Å². The highest BCUT2D eigenvalue weighted by molar-refractivity contribution is 7.15. The Morgan fingerprint density at radius 1 is 1.15 bits per heavy atom. The molecule has 0 aliphatic heterocycles. The predicted octanol–water partition coefficient (Wildman–Crippen LogP) is 2.82. The minimum atomic E-state index is 1.10. The lowest BCUT2D eigenvalue weighted by Crippen LogP contribution is -1.77. The number of hydrogen-bond acceptors (Lipinski definition) is 3. The van der Waals surface area contributed by atoms with Crippen molar-refractivity contribution in [1.82, 2.24) is 9.97 Å². The van der Waals surface area contributed by atoms with Crippen LogP contribution < -0.4 is 0 Å². The molecule has 0 bridgehead atoms. The molecule has 3 heteroatoms. The second-order valence-corrected chi connectivity index (χ2v) is 4.23. The molecule has 0 aliphatic carbocycles. The molecule has 0 amide bonds. The first-order valence-corrected chi connectivity index (χ1v) is 4.91. The van der Waals surface area contributed by atoms with Gasteiger partial charge in [0, 0.05) is 27.7 Å². The number of aromatic nitrogens is 2. The van der Waals surface area contributed by atoms with E-state index in [0.29, 0.717) is 0 Å². The van der Waals surface area contributed by atoms with Crippen LogP contribution in [-0.4, -0.2) is 9.97 Å². The monoisotopic (exact) mass is 190 g/mol. The molecule has 13 heavy (non-hydrogen) atoms. The van der Waals surface area contributed by atoms with Gasteiger partial charge in [0.1, 0.15) is 6.33 Å². The topological polar surface area (TPSA) is 25.8 Å². The van der Waals surface area contributed by atoms with Crippen LogP contribution in [0.4, 0.5) is 0 Å². The summed E-state index contributed by atoms with van der Waals surface area (Å²) in [4.78, 5) is 10.6. The van der Waals surface area contributed by atoms with E-state index in [2.05, 4.69) is 29.9 Å². The standard InChI is InChI=1S/C10H10N2S/c1-7-3-10(13-8(7)2)9-4-11-6-12-5-9/h3-6H,1-2H3. The van der Waals surface area contributed by atoms with Crippen LogP contribution in [0.5, 0.6) is 0 Å². The van der Waals surface area contributed by atoms with Crippen LogP contribution >= 0.6 is 11.3 Å². The highest BCUT2D eigenvalue weighted by Gasteiger charge is 2.03. The summed E-state index contributed by atoms with van der Waals surface area (Å²) < 4.78 is 0. The number of rotatable bonds is 1. The normalized spacial score (nSPS) is 10.3. The first-order chi connectivity index (χ1) is 6.27. The fraction of sp³-hybridized carbons (Fsp3) is 0.200. The summed E-state index contributed by atoms with van der Waals surface area (Å²) in [5.74, 6) is 0. The Labute approximate surface area is 81.3 Å². The first-order valence-electron chi connectivity index (χ1n) is 4.10. The van der Waals surface area contributed by atoms with Crippen LogP contribution in [-0.2, 0) is 0 Å². The van der Waals surface area contributed by atoms with Gasteiger partial charge in [0.2, 0.25) is 0 Å². The van der Waals surface area contributed by atoms with Crippen molar-refractivity contribution in [3.63, 3.8) is 0 Å². The molecule has 0 aromatic carbocycles. The van der Waals surface area contributed by atoms with Crippen LogP contribution in [0.2, 0.25) is 0 Å². The SMILES string of the molecule is Cc1cc(-c2cncnc2)sc1C. The smallest absolute Gasteiger partial charge is 0.115 e. The third kappa shape index (κ3) is 1.60. The molecular weight excluding hydrogens is 180 g/mol. The van der Waals surface area contributed by atoms with Gasteiger partial charge >= 0.3 is 0 Å². The molecule has 0 unspecified atom stereocenters. The Morgan fingerprint density at radius 2 is 1.85 bits per heavy atom. The number of aryl methyl sites for hydroxylation is 2. The zero-order chi connectivity index (χ0) is 9.26. The fourth-order valence-electron chi connectivity index (χ4n) is 1.14. The van der Waals surface area contributed by atoms with Gasteiger partial charge in [-0.15, -0.1) is 11.3 Å². The average molecular weight is 190 g/mol. The Morgan fingerprint density at radius 3 is 2.38 bits per heavy atom. The van der Waals surface area contributed by atoms with E-state index in [4.69, 9.17) is 0 Å². The molecule has 0 spiro atoms. The second-order valence-electron chi connectivity index (χ2n) is 2.98. The second kappa shape index (κ2) is 3.26. The molecular formula is C10H10N2S. The Balaban J connectivity index is 2.48. The predicted molar refractivity (Wildman–Crippen MR) is 54.8 cm³/mol. The van der Waals surface area contributed by atoms with Crippen molar-refractivity contribution >= 4 is 11.3 Å². The maximum absolute atomic E-state index is 4.00. The highest BCUT2D eigenvalue weighted by atomic mass is 32.1. The largest absolute Gasteiger partial charge is 0.244 e. The molecule has 2 nitrogen and oxygen atoms in total. The zero-order valence-corrected chi connectivity index (χ0v) is 8.43. The summed E-state index contributed by atoms with van der Waals surface area (Å²) >= 11 is 1.79. The third-order valence-corrected chi connectivity index (χ3v) is 3.21. The fourth-order valence-corrected chi connectivity index (χ4v) is 2.15. The van der Waals surface area contributed by atoms with E-state index in [-0.39, 0.29) is 0 Å². The number of thiophene rings is 1. The maximum Gasteiger partial charge on any atom is 0.115 e. The molecule has 0 radical (unpaired) electrons. The quantitative estimate of drug-likeness (QED) is 0.691. The summed E-state index contributed by atoms with van der Waals surface area (Å²) in [7, 11) is 0. The van der Waals surface area contributed by atoms with Crippen molar-refractivity contribution in [2.45, 2.75) is 13.8 Å². The minimum Gasteiger partial charge on any atom is -0.244 e. The lowest BCUT2D eigenvalue weighted by molar-refractivity contribution is 1.17. The van der Waals surface area contributed by atoms with E-state index in [1.807, 2.05) is 12.4 Å². The van der Waals surface area contributed by atoms with Crippen molar-refractivity contribution in [2.75, 3.05) is 0 Å². The molecule has 2 heterocycles. The summed E-state index contributed by atoms with van der Waals surface area (Å²) in [6, 6.07) is 2.18. The summed E-state index contributed by atoms with van der Waals surface area (Å²) in [6.45, 7) is 4.26. The van der Waals surface area contributed by atoms with Crippen LogP contribution in [0, 0.1) is 13.8 Å². The van der Waals surface area contributed by atoms with Crippen molar-refractivity contribution < 1.29 is 0 Å². The molecule has 0 N–H and O–H groups in total. The number of nitrogens with zero attached hydrogens (tertiary/aromatic N) is 2. The molecule has 2 aromatic rings.